The molecular weight excluding hydrogens is 479 g/mol. The van der Waals surface area contributed by atoms with E-state index < -0.39 is 47.0 Å². The van der Waals surface area contributed by atoms with Crippen LogP contribution in [0.15, 0.2) is 72.8 Å². The van der Waals surface area contributed by atoms with Crippen molar-refractivity contribution in [2.24, 2.45) is 11.8 Å². The molecule has 3 aliphatic heterocycles. The molecule has 6 rings (SSSR count). The van der Waals surface area contributed by atoms with Gasteiger partial charge in [0.25, 0.3) is 0 Å². The Hall–Kier alpha value is -4.24. The maximum atomic E-state index is 15.1. The molecule has 0 saturated carbocycles. The lowest BCUT2D eigenvalue weighted by molar-refractivity contribution is -0.152. The molecule has 0 aromatic heterocycles. The van der Waals surface area contributed by atoms with Crippen molar-refractivity contribution >= 4 is 23.5 Å². The SMILES string of the molecule is COC(=O)[C@]1(c2ccccc2)N[C@H](c2ccccc2F)[C@H]2C(=O)N(c3ccc4c(c3)OCCO4)C(=O)[C@H]21. The van der Waals surface area contributed by atoms with Crippen LogP contribution in [0.4, 0.5) is 10.1 Å². The summed E-state index contributed by atoms with van der Waals surface area (Å²) in [5.41, 5.74) is -0.804. The van der Waals surface area contributed by atoms with Crippen molar-refractivity contribution in [2.45, 2.75) is 11.6 Å². The van der Waals surface area contributed by atoms with Gasteiger partial charge in [-0.05, 0) is 23.8 Å². The van der Waals surface area contributed by atoms with Gasteiger partial charge in [-0.2, -0.15) is 0 Å². The summed E-state index contributed by atoms with van der Waals surface area (Å²) in [6.07, 6.45) is 0. The number of carbonyl (C=O) groups excluding carboxylic acids is 3. The first-order chi connectivity index (χ1) is 18.0. The summed E-state index contributed by atoms with van der Waals surface area (Å²) in [6.45, 7) is 0.731. The third-order valence-electron chi connectivity index (χ3n) is 7.32. The number of amides is 2. The zero-order valence-corrected chi connectivity index (χ0v) is 19.8. The lowest BCUT2D eigenvalue weighted by Crippen LogP contribution is -2.53. The van der Waals surface area contributed by atoms with Crippen LogP contribution in [0.3, 0.4) is 0 Å². The van der Waals surface area contributed by atoms with Gasteiger partial charge < -0.3 is 14.2 Å². The van der Waals surface area contributed by atoms with Gasteiger partial charge in [0.15, 0.2) is 17.0 Å². The first-order valence-corrected chi connectivity index (χ1v) is 11.9. The summed E-state index contributed by atoms with van der Waals surface area (Å²) in [7, 11) is 1.22. The number of carbonyl (C=O) groups is 3. The highest BCUT2D eigenvalue weighted by Gasteiger charge is 2.70. The fourth-order valence-electron chi connectivity index (χ4n) is 5.76. The Morgan fingerprint density at radius 2 is 1.68 bits per heavy atom. The minimum absolute atomic E-state index is 0.185. The monoisotopic (exact) mass is 502 g/mol. The number of ether oxygens (including phenoxy) is 3. The number of fused-ring (bicyclic) bond motifs is 2. The minimum Gasteiger partial charge on any atom is -0.486 e. The molecule has 3 aromatic rings. The van der Waals surface area contributed by atoms with E-state index >= 15 is 4.39 Å². The molecule has 0 spiro atoms. The predicted octanol–water partition coefficient (Wildman–Crippen LogP) is 3.12. The molecule has 2 saturated heterocycles. The van der Waals surface area contributed by atoms with Crippen molar-refractivity contribution in [1.29, 1.82) is 0 Å². The van der Waals surface area contributed by atoms with E-state index in [0.29, 0.717) is 30.3 Å². The van der Waals surface area contributed by atoms with Gasteiger partial charge in [0.05, 0.1) is 24.6 Å². The molecule has 0 radical (unpaired) electrons. The molecule has 2 amide bonds. The third kappa shape index (κ3) is 3.34. The molecule has 3 aromatic carbocycles. The number of imide groups is 1. The third-order valence-corrected chi connectivity index (χ3v) is 7.32. The van der Waals surface area contributed by atoms with Gasteiger partial charge in [0.2, 0.25) is 11.8 Å². The lowest BCUT2D eigenvalue weighted by Gasteiger charge is -2.33. The van der Waals surface area contributed by atoms with Gasteiger partial charge in [-0.3, -0.25) is 14.9 Å². The molecule has 1 N–H and O–H groups in total. The number of halogens is 1. The van der Waals surface area contributed by atoms with Crippen LogP contribution in [0.1, 0.15) is 17.2 Å². The first kappa shape index (κ1) is 23.2. The average Bonchev–Trinajstić information content (AvgIpc) is 3.42. The van der Waals surface area contributed by atoms with Gasteiger partial charge in [-0.1, -0.05) is 48.5 Å². The molecule has 8 nitrogen and oxygen atoms in total. The maximum absolute atomic E-state index is 15.1. The van der Waals surface area contributed by atoms with E-state index in [-0.39, 0.29) is 11.3 Å². The predicted molar refractivity (Wildman–Crippen MR) is 129 cm³/mol. The van der Waals surface area contributed by atoms with Crippen LogP contribution in [0.5, 0.6) is 11.5 Å². The number of nitrogens with one attached hydrogen (secondary N) is 1. The van der Waals surface area contributed by atoms with E-state index in [2.05, 4.69) is 5.32 Å². The normalized spacial score (nSPS) is 26.2. The Morgan fingerprint density at radius 1 is 0.973 bits per heavy atom. The van der Waals surface area contributed by atoms with Crippen LogP contribution < -0.4 is 19.7 Å². The average molecular weight is 502 g/mol. The number of benzene rings is 3. The smallest absolute Gasteiger partial charge is 0.331 e. The molecule has 0 unspecified atom stereocenters. The topological polar surface area (TPSA) is 94.2 Å². The molecule has 4 atom stereocenters. The second-order valence-corrected chi connectivity index (χ2v) is 9.15. The van der Waals surface area contributed by atoms with Gasteiger partial charge in [0, 0.05) is 17.7 Å². The molecule has 37 heavy (non-hydrogen) atoms. The highest BCUT2D eigenvalue weighted by Crippen LogP contribution is 2.54. The van der Waals surface area contributed by atoms with Crippen LogP contribution in [0.25, 0.3) is 0 Å². The zero-order valence-electron chi connectivity index (χ0n) is 19.8. The minimum atomic E-state index is -1.72. The van der Waals surface area contributed by atoms with Crippen molar-refractivity contribution in [3.63, 3.8) is 0 Å². The Labute approximate surface area is 211 Å². The van der Waals surface area contributed by atoms with Crippen molar-refractivity contribution < 1.29 is 33.0 Å². The van der Waals surface area contributed by atoms with E-state index in [1.165, 1.54) is 13.2 Å². The summed E-state index contributed by atoms with van der Waals surface area (Å²) in [5, 5.41) is 3.19. The fourth-order valence-corrected chi connectivity index (χ4v) is 5.76. The summed E-state index contributed by atoms with van der Waals surface area (Å²) in [6, 6.07) is 18.5. The molecule has 188 valence electrons. The van der Waals surface area contributed by atoms with Crippen LogP contribution in [0.2, 0.25) is 0 Å². The fraction of sp³-hybridized carbons (Fsp3) is 0.250. The molecule has 3 aliphatic rings. The van der Waals surface area contributed by atoms with E-state index in [4.69, 9.17) is 14.2 Å². The Kier molecular flexibility index (Phi) is 5.45. The summed E-state index contributed by atoms with van der Waals surface area (Å²) < 4.78 is 31.5. The second-order valence-electron chi connectivity index (χ2n) is 9.15. The molecule has 0 aliphatic carbocycles. The second kappa shape index (κ2) is 8.70. The number of methoxy groups -OCH3 is 1. The van der Waals surface area contributed by atoms with E-state index in [1.807, 2.05) is 0 Å². The van der Waals surface area contributed by atoms with Gasteiger partial charge >= 0.3 is 5.97 Å². The molecule has 3 heterocycles. The number of hydrogen-bond donors (Lipinski definition) is 1. The molecule has 9 heteroatoms. The number of nitrogens with zero attached hydrogens (tertiary/aromatic N) is 1. The molecular formula is C28H23FN2O6. The summed E-state index contributed by atoms with van der Waals surface area (Å²) in [5.74, 6) is -3.77. The summed E-state index contributed by atoms with van der Waals surface area (Å²) >= 11 is 0. The largest absolute Gasteiger partial charge is 0.486 e. The number of anilines is 1. The molecule has 2 fully saturated rings. The summed E-state index contributed by atoms with van der Waals surface area (Å²) in [4.78, 5) is 42.7. The lowest BCUT2D eigenvalue weighted by atomic mass is 9.75. The Balaban J connectivity index is 1.54. The van der Waals surface area contributed by atoms with E-state index in [1.54, 1.807) is 66.7 Å². The van der Waals surface area contributed by atoms with Gasteiger partial charge in [0.1, 0.15) is 19.0 Å². The van der Waals surface area contributed by atoms with Crippen molar-refractivity contribution in [1.82, 2.24) is 5.32 Å². The van der Waals surface area contributed by atoms with Crippen LogP contribution >= 0.6 is 0 Å². The number of esters is 1. The number of rotatable bonds is 4. The van der Waals surface area contributed by atoms with Crippen LogP contribution in [0, 0.1) is 17.7 Å². The zero-order chi connectivity index (χ0) is 25.7. The van der Waals surface area contributed by atoms with E-state index in [9.17, 15) is 14.4 Å². The maximum Gasteiger partial charge on any atom is 0.331 e. The highest BCUT2D eigenvalue weighted by molar-refractivity contribution is 6.24. The Bertz CT molecular complexity index is 1410. The number of hydrogen-bond acceptors (Lipinski definition) is 7. The standard InChI is InChI=1S/C28H23FN2O6/c1-35-27(34)28(16-7-3-2-4-8-16)23-22(24(30-28)18-9-5-6-10-19(18)29)25(32)31(26(23)33)17-11-12-20-21(15-17)37-14-13-36-20/h2-12,15,22-24,30H,13-14H2,1H3/t22-,23-,24+,28+/m0/s1. The van der Waals surface area contributed by atoms with Crippen molar-refractivity contribution in [3.8, 4) is 11.5 Å². The van der Waals surface area contributed by atoms with Crippen LogP contribution in [-0.2, 0) is 24.7 Å². The van der Waals surface area contributed by atoms with E-state index in [0.717, 1.165) is 4.90 Å². The Morgan fingerprint density at radius 3 is 2.41 bits per heavy atom. The first-order valence-electron chi connectivity index (χ1n) is 11.9. The highest BCUT2D eigenvalue weighted by atomic mass is 19.1. The van der Waals surface area contributed by atoms with Gasteiger partial charge in [-0.15, -0.1) is 0 Å². The quantitative estimate of drug-likeness (QED) is 0.433. The molecule has 0 bridgehead atoms. The van der Waals surface area contributed by atoms with Gasteiger partial charge in [-0.25, -0.2) is 14.1 Å². The van der Waals surface area contributed by atoms with Crippen molar-refractivity contribution in [3.05, 3.63) is 89.7 Å². The van der Waals surface area contributed by atoms with Crippen molar-refractivity contribution in [2.75, 3.05) is 25.2 Å². The van der Waals surface area contributed by atoms with Crippen LogP contribution in [-0.4, -0.2) is 38.1 Å².